The second-order valence-electron chi connectivity index (χ2n) is 3.46. The molecular weight excluding hydrogens is 242 g/mol. The van der Waals surface area contributed by atoms with Crippen LogP contribution >= 0.6 is 0 Å². The number of carboxylic acid groups (broad SMARTS) is 1. The number of hydrogen-bond acceptors (Lipinski definition) is 4. The molecule has 0 saturated carbocycles. The summed E-state index contributed by atoms with van der Waals surface area (Å²) in [5.41, 5.74) is 0.312. The first kappa shape index (κ1) is 13.2. The smallest absolute Gasteiger partial charge is 0.335 e. The van der Waals surface area contributed by atoms with Crippen molar-refractivity contribution >= 4 is 21.5 Å². The van der Waals surface area contributed by atoms with Gasteiger partial charge in [-0.2, -0.15) is 0 Å². The number of carbonyl (C=O) groups is 1. The van der Waals surface area contributed by atoms with Crippen LogP contribution in [0, 0.1) is 0 Å². The summed E-state index contributed by atoms with van der Waals surface area (Å²) in [4.78, 5) is 10.7. The zero-order chi connectivity index (χ0) is 13.1. The average molecular weight is 255 g/mol. The van der Waals surface area contributed by atoms with E-state index in [9.17, 15) is 13.2 Å². The highest BCUT2D eigenvalue weighted by atomic mass is 32.2. The zero-order valence-corrected chi connectivity index (χ0v) is 10.1. The molecule has 2 N–H and O–H groups in total. The summed E-state index contributed by atoms with van der Waals surface area (Å²) >= 11 is 0. The molecule has 0 bridgehead atoms. The topological polar surface area (TPSA) is 83.5 Å². The van der Waals surface area contributed by atoms with Gasteiger partial charge >= 0.3 is 5.97 Å². The van der Waals surface area contributed by atoms with Gasteiger partial charge in [-0.25, -0.2) is 13.2 Å². The van der Waals surface area contributed by atoms with Crippen molar-refractivity contribution in [1.82, 2.24) is 0 Å². The van der Waals surface area contributed by atoms with Gasteiger partial charge < -0.3 is 10.4 Å². The Labute approximate surface area is 99.7 Å². The minimum absolute atomic E-state index is 0.0285. The van der Waals surface area contributed by atoms with Gasteiger partial charge in [-0.15, -0.1) is 6.58 Å². The van der Waals surface area contributed by atoms with E-state index in [1.54, 1.807) is 6.08 Å². The number of nitrogens with one attached hydrogen (secondary N) is 1. The summed E-state index contributed by atoms with van der Waals surface area (Å²) in [6.45, 7) is 3.91. The van der Waals surface area contributed by atoms with Crippen LogP contribution in [-0.4, -0.2) is 32.3 Å². The number of benzene rings is 1. The van der Waals surface area contributed by atoms with Crippen LogP contribution in [0.4, 0.5) is 5.69 Å². The highest BCUT2D eigenvalue weighted by Gasteiger charge is 2.15. The van der Waals surface area contributed by atoms with Crippen LogP contribution in [-0.2, 0) is 9.84 Å². The summed E-state index contributed by atoms with van der Waals surface area (Å²) < 4.78 is 23.1. The maximum Gasteiger partial charge on any atom is 0.335 e. The molecule has 1 aromatic rings. The highest BCUT2D eigenvalue weighted by Crippen LogP contribution is 2.22. The molecule has 0 aliphatic heterocycles. The lowest BCUT2D eigenvalue weighted by atomic mass is 10.2. The van der Waals surface area contributed by atoms with E-state index in [-0.39, 0.29) is 10.5 Å². The molecule has 0 spiro atoms. The molecule has 0 saturated heterocycles. The lowest BCUT2D eigenvalue weighted by Crippen LogP contribution is -2.08. The van der Waals surface area contributed by atoms with E-state index in [0.29, 0.717) is 12.2 Å². The van der Waals surface area contributed by atoms with Crippen LogP contribution in [0.1, 0.15) is 10.4 Å². The molecule has 0 unspecified atom stereocenters. The van der Waals surface area contributed by atoms with Crippen LogP contribution in [0.25, 0.3) is 0 Å². The largest absolute Gasteiger partial charge is 0.478 e. The van der Waals surface area contributed by atoms with Crippen LogP contribution < -0.4 is 5.32 Å². The first-order valence-corrected chi connectivity index (χ1v) is 6.67. The third kappa shape index (κ3) is 3.32. The minimum Gasteiger partial charge on any atom is -0.478 e. The van der Waals surface area contributed by atoms with Gasteiger partial charge in [-0.05, 0) is 18.2 Å². The molecule has 0 atom stereocenters. The predicted octanol–water partition coefficient (Wildman–Crippen LogP) is 1.39. The van der Waals surface area contributed by atoms with Gasteiger partial charge in [0.1, 0.15) is 0 Å². The van der Waals surface area contributed by atoms with E-state index in [0.717, 1.165) is 12.3 Å². The molecule has 0 heterocycles. The molecule has 0 aliphatic rings. The number of anilines is 1. The van der Waals surface area contributed by atoms with E-state index in [1.165, 1.54) is 12.1 Å². The molecule has 0 radical (unpaired) electrons. The van der Waals surface area contributed by atoms with E-state index in [4.69, 9.17) is 5.11 Å². The first-order valence-electron chi connectivity index (χ1n) is 4.78. The molecule has 6 heteroatoms. The van der Waals surface area contributed by atoms with Crippen molar-refractivity contribution in [3.05, 3.63) is 36.4 Å². The second-order valence-corrected chi connectivity index (χ2v) is 5.44. The van der Waals surface area contributed by atoms with E-state index in [1.807, 2.05) is 0 Å². The fourth-order valence-corrected chi connectivity index (χ4v) is 2.17. The van der Waals surface area contributed by atoms with Crippen molar-refractivity contribution in [1.29, 1.82) is 0 Å². The van der Waals surface area contributed by atoms with Gasteiger partial charge in [-0.3, -0.25) is 0 Å². The van der Waals surface area contributed by atoms with E-state index >= 15 is 0 Å². The van der Waals surface area contributed by atoms with Crippen molar-refractivity contribution in [3.8, 4) is 0 Å². The van der Waals surface area contributed by atoms with Crippen LogP contribution in [0.5, 0.6) is 0 Å². The maximum absolute atomic E-state index is 11.5. The molecule has 0 aliphatic carbocycles. The molecule has 5 nitrogen and oxygen atoms in total. The normalized spacial score (nSPS) is 10.9. The number of sulfone groups is 1. The quantitative estimate of drug-likeness (QED) is 0.777. The molecule has 92 valence electrons. The monoisotopic (exact) mass is 255 g/mol. The van der Waals surface area contributed by atoms with Gasteiger partial charge in [0, 0.05) is 12.8 Å². The van der Waals surface area contributed by atoms with E-state index < -0.39 is 15.8 Å². The lowest BCUT2D eigenvalue weighted by molar-refractivity contribution is 0.0696. The predicted molar refractivity (Wildman–Crippen MR) is 65.2 cm³/mol. The molecule has 1 rings (SSSR count). The summed E-state index contributed by atoms with van der Waals surface area (Å²) in [5.74, 6) is -1.16. The Kier molecular flexibility index (Phi) is 3.90. The molecule has 0 fully saturated rings. The highest BCUT2D eigenvalue weighted by molar-refractivity contribution is 7.90. The lowest BCUT2D eigenvalue weighted by Gasteiger charge is -2.10. The summed E-state index contributed by atoms with van der Waals surface area (Å²) in [6.07, 6.45) is 2.62. The van der Waals surface area contributed by atoms with Gasteiger partial charge in [0.15, 0.2) is 9.84 Å². The number of aromatic carboxylic acids is 1. The molecule has 0 amide bonds. The zero-order valence-electron chi connectivity index (χ0n) is 9.30. The summed E-state index contributed by atoms with van der Waals surface area (Å²) in [5, 5.41) is 11.7. The SMILES string of the molecule is C=CCNc1ccc(C(=O)O)cc1S(C)(=O)=O. The Hall–Kier alpha value is -1.82. The standard InChI is InChI=1S/C11H13NO4S/c1-3-6-12-9-5-4-8(11(13)14)7-10(9)17(2,15)16/h3-5,7,12H,1,6H2,2H3,(H,13,14). The van der Waals surface area contributed by atoms with E-state index in [2.05, 4.69) is 11.9 Å². The van der Waals surface area contributed by atoms with Crippen molar-refractivity contribution in [2.45, 2.75) is 4.90 Å². The van der Waals surface area contributed by atoms with Crippen molar-refractivity contribution in [2.75, 3.05) is 18.1 Å². The Morgan fingerprint density at radius 2 is 2.18 bits per heavy atom. The third-order valence-corrected chi connectivity index (χ3v) is 3.20. The number of hydrogen-bond donors (Lipinski definition) is 2. The van der Waals surface area contributed by atoms with Crippen molar-refractivity contribution < 1.29 is 18.3 Å². The van der Waals surface area contributed by atoms with Gasteiger partial charge in [0.05, 0.1) is 16.1 Å². The Bertz CT molecular complexity index is 549. The third-order valence-electron chi connectivity index (χ3n) is 2.06. The molecule has 17 heavy (non-hydrogen) atoms. The summed E-state index contributed by atoms with van der Waals surface area (Å²) in [7, 11) is -3.48. The van der Waals surface area contributed by atoms with Gasteiger partial charge in [-0.1, -0.05) is 6.08 Å². The molecular formula is C11H13NO4S. The number of rotatable bonds is 5. The van der Waals surface area contributed by atoms with Gasteiger partial charge in [0.25, 0.3) is 0 Å². The van der Waals surface area contributed by atoms with Crippen LogP contribution in [0.3, 0.4) is 0 Å². The Morgan fingerprint density at radius 3 is 2.65 bits per heavy atom. The van der Waals surface area contributed by atoms with Crippen LogP contribution in [0.2, 0.25) is 0 Å². The molecule has 0 aromatic heterocycles. The fraction of sp³-hybridized carbons (Fsp3) is 0.182. The van der Waals surface area contributed by atoms with Crippen molar-refractivity contribution in [3.63, 3.8) is 0 Å². The average Bonchev–Trinajstić information content (AvgIpc) is 2.24. The maximum atomic E-state index is 11.5. The number of carboxylic acids is 1. The fourth-order valence-electron chi connectivity index (χ4n) is 1.29. The second kappa shape index (κ2) is 5.01. The van der Waals surface area contributed by atoms with Gasteiger partial charge in [0.2, 0.25) is 0 Å². The Morgan fingerprint density at radius 1 is 1.53 bits per heavy atom. The molecule has 1 aromatic carbocycles. The van der Waals surface area contributed by atoms with Crippen molar-refractivity contribution in [2.24, 2.45) is 0 Å². The minimum atomic E-state index is -3.48. The summed E-state index contributed by atoms with van der Waals surface area (Å²) in [6, 6.07) is 3.93. The van der Waals surface area contributed by atoms with Crippen LogP contribution in [0.15, 0.2) is 35.7 Å². The Balaban J connectivity index is 3.31. The first-order chi connectivity index (χ1) is 7.86.